The van der Waals surface area contributed by atoms with Crippen molar-refractivity contribution >= 4 is 0 Å². The highest BCUT2D eigenvalue weighted by Crippen LogP contribution is 2.42. The zero-order valence-corrected chi connectivity index (χ0v) is 9.89. The maximum atomic E-state index is 2.42. The molecule has 0 aromatic carbocycles. The molecule has 2 fully saturated rings. The second-order valence-corrected chi connectivity index (χ2v) is 5.80. The van der Waals surface area contributed by atoms with Crippen LogP contribution in [-0.4, -0.2) is 0 Å². The molecule has 2 rings (SSSR count). The first kappa shape index (κ1) is 10.5. The molecule has 0 spiro atoms. The molecular formula is C14H25. The van der Waals surface area contributed by atoms with Crippen molar-refractivity contribution in [2.24, 2.45) is 17.8 Å². The molecule has 0 aromatic heterocycles. The summed E-state index contributed by atoms with van der Waals surface area (Å²) in [6.45, 7) is 4.84. The summed E-state index contributed by atoms with van der Waals surface area (Å²) < 4.78 is 0. The quantitative estimate of drug-likeness (QED) is 0.571. The minimum atomic E-state index is 1.00. The molecule has 0 atom stereocenters. The Hall–Kier alpha value is 0. The first-order valence-corrected chi connectivity index (χ1v) is 6.60. The van der Waals surface area contributed by atoms with Gasteiger partial charge in [-0.05, 0) is 49.4 Å². The van der Waals surface area contributed by atoms with Crippen molar-refractivity contribution in [3.8, 4) is 0 Å². The van der Waals surface area contributed by atoms with Gasteiger partial charge in [-0.25, -0.2) is 0 Å². The van der Waals surface area contributed by atoms with Crippen LogP contribution >= 0.6 is 0 Å². The Kier molecular flexibility index (Phi) is 3.52. The van der Waals surface area contributed by atoms with Crippen LogP contribution in [0.2, 0.25) is 0 Å². The predicted molar refractivity (Wildman–Crippen MR) is 62.0 cm³/mol. The predicted octanol–water partition coefficient (Wildman–Crippen LogP) is 4.60. The SMILES string of the molecule is CC1CC[C](C2CCC(C)CC2)CC1. The lowest BCUT2D eigenvalue weighted by molar-refractivity contribution is 0.258. The summed E-state index contributed by atoms with van der Waals surface area (Å²) in [4.78, 5) is 0. The van der Waals surface area contributed by atoms with Crippen LogP contribution in [0.4, 0.5) is 0 Å². The normalized spacial score (nSPS) is 37.3. The van der Waals surface area contributed by atoms with Gasteiger partial charge in [-0.1, -0.05) is 39.5 Å². The molecule has 0 N–H and O–H groups in total. The van der Waals surface area contributed by atoms with Crippen LogP contribution in [0, 0.1) is 23.7 Å². The fourth-order valence-corrected chi connectivity index (χ4v) is 3.21. The lowest BCUT2D eigenvalue weighted by Crippen LogP contribution is -2.23. The van der Waals surface area contributed by atoms with Gasteiger partial charge in [0.05, 0.1) is 0 Å². The van der Waals surface area contributed by atoms with Crippen LogP contribution in [0.25, 0.3) is 0 Å². The smallest absolute Gasteiger partial charge is 0.0210 e. The molecule has 0 bridgehead atoms. The second-order valence-electron chi connectivity index (χ2n) is 5.80. The third-order valence-electron chi connectivity index (χ3n) is 4.51. The number of hydrogen-bond acceptors (Lipinski definition) is 0. The Morgan fingerprint density at radius 1 is 0.714 bits per heavy atom. The molecule has 0 saturated heterocycles. The first-order chi connectivity index (χ1) is 6.75. The Bertz CT molecular complexity index is 137. The monoisotopic (exact) mass is 193 g/mol. The molecule has 2 saturated carbocycles. The van der Waals surface area contributed by atoms with Crippen molar-refractivity contribution in [1.82, 2.24) is 0 Å². The lowest BCUT2D eigenvalue weighted by atomic mass is 9.70. The van der Waals surface area contributed by atoms with E-state index in [9.17, 15) is 0 Å². The molecule has 14 heavy (non-hydrogen) atoms. The van der Waals surface area contributed by atoms with E-state index in [0.717, 1.165) is 17.8 Å². The zero-order valence-electron chi connectivity index (χ0n) is 9.89. The maximum Gasteiger partial charge on any atom is -0.0210 e. The molecule has 0 heterocycles. The highest BCUT2D eigenvalue weighted by Gasteiger charge is 2.28. The van der Waals surface area contributed by atoms with E-state index in [4.69, 9.17) is 0 Å². The van der Waals surface area contributed by atoms with Crippen molar-refractivity contribution in [1.29, 1.82) is 0 Å². The zero-order chi connectivity index (χ0) is 9.97. The average Bonchev–Trinajstić information content (AvgIpc) is 2.21. The maximum absolute atomic E-state index is 2.42. The summed E-state index contributed by atoms with van der Waals surface area (Å²) in [5.41, 5.74) is 0. The van der Waals surface area contributed by atoms with Gasteiger partial charge in [-0.15, -0.1) is 0 Å². The Balaban J connectivity index is 1.78. The molecule has 0 aromatic rings. The third-order valence-corrected chi connectivity index (χ3v) is 4.51. The van der Waals surface area contributed by atoms with E-state index in [1.165, 1.54) is 51.4 Å². The summed E-state index contributed by atoms with van der Waals surface area (Å²) in [6, 6.07) is 0. The van der Waals surface area contributed by atoms with Gasteiger partial charge in [-0.3, -0.25) is 0 Å². The Morgan fingerprint density at radius 2 is 1.21 bits per heavy atom. The first-order valence-electron chi connectivity index (χ1n) is 6.60. The van der Waals surface area contributed by atoms with Gasteiger partial charge in [0, 0.05) is 0 Å². The number of hydrogen-bond donors (Lipinski definition) is 0. The van der Waals surface area contributed by atoms with Crippen LogP contribution in [0.15, 0.2) is 0 Å². The van der Waals surface area contributed by atoms with Crippen molar-refractivity contribution < 1.29 is 0 Å². The van der Waals surface area contributed by atoms with Gasteiger partial charge >= 0.3 is 0 Å². The van der Waals surface area contributed by atoms with E-state index in [-0.39, 0.29) is 0 Å². The van der Waals surface area contributed by atoms with Gasteiger partial charge in [0.2, 0.25) is 0 Å². The molecule has 0 aliphatic heterocycles. The van der Waals surface area contributed by atoms with Gasteiger partial charge in [0.15, 0.2) is 0 Å². The summed E-state index contributed by atoms with van der Waals surface area (Å²) >= 11 is 0. The van der Waals surface area contributed by atoms with Crippen LogP contribution in [-0.2, 0) is 0 Å². The molecule has 0 unspecified atom stereocenters. The third kappa shape index (κ3) is 2.52. The molecule has 1 radical (unpaired) electrons. The van der Waals surface area contributed by atoms with E-state index in [2.05, 4.69) is 13.8 Å². The van der Waals surface area contributed by atoms with E-state index < -0.39 is 0 Å². The van der Waals surface area contributed by atoms with E-state index in [0.29, 0.717) is 0 Å². The van der Waals surface area contributed by atoms with Crippen molar-refractivity contribution in [2.75, 3.05) is 0 Å². The van der Waals surface area contributed by atoms with Crippen LogP contribution < -0.4 is 0 Å². The molecule has 0 nitrogen and oxygen atoms in total. The van der Waals surface area contributed by atoms with Crippen LogP contribution in [0.5, 0.6) is 0 Å². The van der Waals surface area contributed by atoms with Gasteiger partial charge in [0.1, 0.15) is 0 Å². The summed E-state index contributed by atoms with van der Waals surface area (Å²) in [5, 5.41) is 0. The van der Waals surface area contributed by atoms with E-state index >= 15 is 0 Å². The summed E-state index contributed by atoms with van der Waals surface area (Å²) in [6.07, 6.45) is 11.9. The topological polar surface area (TPSA) is 0 Å². The van der Waals surface area contributed by atoms with Crippen LogP contribution in [0.3, 0.4) is 0 Å². The lowest BCUT2D eigenvalue weighted by Gasteiger charge is -2.36. The Labute approximate surface area is 89.5 Å². The molecule has 0 amide bonds. The summed E-state index contributed by atoms with van der Waals surface area (Å²) in [7, 11) is 0. The molecule has 2 aliphatic carbocycles. The van der Waals surface area contributed by atoms with E-state index in [1.807, 2.05) is 5.92 Å². The standard InChI is InChI=1S/C14H25/c1-11-3-7-13(8-4-11)14-9-5-12(2)6-10-14/h11-13H,3-10H2,1-2H3. The fourth-order valence-electron chi connectivity index (χ4n) is 3.21. The second kappa shape index (κ2) is 4.68. The Morgan fingerprint density at radius 3 is 1.79 bits per heavy atom. The van der Waals surface area contributed by atoms with Gasteiger partial charge in [0.25, 0.3) is 0 Å². The minimum absolute atomic E-state index is 1.00. The fraction of sp³-hybridized carbons (Fsp3) is 0.929. The average molecular weight is 193 g/mol. The van der Waals surface area contributed by atoms with Crippen LogP contribution in [0.1, 0.15) is 65.2 Å². The highest BCUT2D eigenvalue weighted by atomic mass is 14.3. The molecule has 2 aliphatic rings. The van der Waals surface area contributed by atoms with E-state index in [1.54, 1.807) is 0 Å². The molecule has 0 heteroatoms. The van der Waals surface area contributed by atoms with Crippen molar-refractivity contribution in [2.45, 2.75) is 65.2 Å². The molecule has 81 valence electrons. The number of rotatable bonds is 1. The largest absolute Gasteiger partial charge is 0.0625 e. The molecular weight excluding hydrogens is 168 g/mol. The highest BCUT2D eigenvalue weighted by molar-refractivity contribution is 5.00. The minimum Gasteiger partial charge on any atom is -0.0625 e. The van der Waals surface area contributed by atoms with Gasteiger partial charge in [-0.2, -0.15) is 0 Å². The van der Waals surface area contributed by atoms with Crippen molar-refractivity contribution in [3.63, 3.8) is 0 Å². The van der Waals surface area contributed by atoms with Crippen molar-refractivity contribution in [3.05, 3.63) is 5.92 Å². The summed E-state index contributed by atoms with van der Waals surface area (Å²) in [5.74, 6) is 4.98. The van der Waals surface area contributed by atoms with Gasteiger partial charge < -0.3 is 0 Å².